The summed E-state index contributed by atoms with van der Waals surface area (Å²) in [5.41, 5.74) is 6.42. The van der Waals surface area contributed by atoms with E-state index in [9.17, 15) is 4.79 Å². The lowest BCUT2D eigenvalue weighted by Crippen LogP contribution is -2.16. The van der Waals surface area contributed by atoms with Crippen molar-refractivity contribution in [1.29, 1.82) is 0 Å². The molecule has 0 atom stereocenters. The van der Waals surface area contributed by atoms with E-state index >= 15 is 0 Å². The second-order valence-electron chi connectivity index (χ2n) is 9.15. The molecule has 1 aliphatic heterocycles. The number of carbonyl (C=O) groups is 1. The van der Waals surface area contributed by atoms with Gasteiger partial charge in [-0.3, -0.25) is 4.79 Å². The Balaban J connectivity index is 1.49. The number of para-hydroxylation sites is 1. The molecule has 0 unspecified atom stereocenters. The van der Waals surface area contributed by atoms with Crippen LogP contribution >= 0.6 is 27.5 Å². The van der Waals surface area contributed by atoms with Crippen LogP contribution in [-0.4, -0.2) is 20.1 Å². The second-order valence-corrected chi connectivity index (χ2v) is 10.5. The SMILES string of the molecule is O=C(Nc1ccccc1)c1c(-c2ccc(Br)cc2)c2c3n(c(CNc4ccc(Cl)cc4)nn13)CCCC2. The topological polar surface area (TPSA) is 63.4 Å². The summed E-state index contributed by atoms with van der Waals surface area (Å²) in [6.07, 6.45) is 3.00. The number of hydrogen-bond acceptors (Lipinski definition) is 3. The first-order chi connectivity index (χ1) is 18.1. The van der Waals surface area contributed by atoms with Crippen molar-refractivity contribution in [1.82, 2.24) is 14.2 Å². The monoisotopic (exact) mass is 573 g/mol. The summed E-state index contributed by atoms with van der Waals surface area (Å²) in [7, 11) is 0. The predicted octanol–water partition coefficient (Wildman–Crippen LogP) is 7.42. The maximum absolute atomic E-state index is 13.8. The molecule has 0 bridgehead atoms. The van der Waals surface area contributed by atoms with Crippen LogP contribution < -0.4 is 10.6 Å². The molecular weight excluding hydrogens is 550 g/mol. The quantitative estimate of drug-likeness (QED) is 0.222. The van der Waals surface area contributed by atoms with Gasteiger partial charge in [-0.1, -0.05) is 57.9 Å². The Kier molecular flexibility index (Phi) is 6.49. The van der Waals surface area contributed by atoms with Crippen LogP contribution in [0.4, 0.5) is 11.4 Å². The number of anilines is 2. The van der Waals surface area contributed by atoms with E-state index < -0.39 is 0 Å². The molecule has 37 heavy (non-hydrogen) atoms. The van der Waals surface area contributed by atoms with Crippen LogP contribution in [0.3, 0.4) is 0 Å². The van der Waals surface area contributed by atoms with Crippen LogP contribution in [-0.2, 0) is 19.5 Å². The van der Waals surface area contributed by atoms with E-state index in [2.05, 4.69) is 43.3 Å². The van der Waals surface area contributed by atoms with Gasteiger partial charge in [-0.2, -0.15) is 5.10 Å². The summed E-state index contributed by atoms with van der Waals surface area (Å²) in [6.45, 7) is 1.40. The fourth-order valence-corrected chi connectivity index (χ4v) is 5.42. The predicted molar refractivity (Wildman–Crippen MR) is 152 cm³/mol. The average Bonchev–Trinajstić information content (AvgIpc) is 3.31. The molecular formula is C29H25BrClN5O. The second kappa shape index (κ2) is 10.1. The minimum absolute atomic E-state index is 0.173. The smallest absolute Gasteiger partial charge is 0.275 e. The van der Waals surface area contributed by atoms with Crippen LogP contribution in [0.1, 0.15) is 34.7 Å². The number of aryl methyl sites for hydroxylation is 2. The zero-order valence-electron chi connectivity index (χ0n) is 20.0. The number of nitrogens with one attached hydrogen (secondary N) is 2. The number of hydrogen-bond donors (Lipinski definition) is 2. The molecule has 2 N–H and O–H groups in total. The van der Waals surface area contributed by atoms with Gasteiger partial charge in [0.2, 0.25) is 0 Å². The Bertz CT molecular complexity index is 1570. The lowest BCUT2D eigenvalue weighted by molar-refractivity contribution is 0.102. The first-order valence-electron chi connectivity index (χ1n) is 12.3. The number of carbonyl (C=O) groups excluding carboxylic acids is 1. The molecule has 2 aromatic heterocycles. The number of amides is 1. The van der Waals surface area contributed by atoms with E-state index in [4.69, 9.17) is 16.7 Å². The van der Waals surface area contributed by atoms with Crippen molar-refractivity contribution < 1.29 is 4.79 Å². The molecule has 0 radical (unpaired) electrons. The molecule has 0 saturated heterocycles. The minimum Gasteiger partial charge on any atom is -0.378 e. The van der Waals surface area contributed by atoms with E-state index in [1.807, 2.05) is 71.2 Å². The normalized spacial score (nSPS) is 12.9. The van der Waals surface area contributed by atoms with Crippen molar-refractivity contribution in [2.24, 2.45) is 0 Å². The highest BCUT2D eigenvalue weighted by atomic mass is 79.9. The standard InChI is InChI=1S/C29H25BrClN5O/c30-20-11-9-19(10-12-20)26-24-8-4-5-17-35-25(18-32-22-15-13-21(31)14-16-22)34-36(29(24)35)27(26)28(37)33-23-6-2-1-3-7-23/h1-3,6-7,9-16,32H,4-5,8,17-18H2,(H,33,37). The number of halogens is 2. The van der Waals surface area contributed by atoms with Gasteiger partial charge in [0.1, 0.15) is 11.3 Å². The maximum atomic E-state index is 13.8. The molecule has 6 nitrogen and oxygen atoms in total. The van der Waals surface area contributed by atoms with Crippen molar-refractivity contribution >= 4 is 50.5 Å². The molecule has 1 amide bonds. The van der Waals surface area contributed by atoms with Crippen molar-refractivity contribution in [3.63, 3.8) is 0 Å². The van der Waals surface area contributed by atoms with E-state index in [0.29, 0.717) is 17.3 Å². The minimum atomic E-state index is -0.173. The third-order valence-electron chi connectivity index (χ3n) is 6.74. The van der Waals surface area contributed by atoms with E-state index in [1.54, 1.807) is 0 Å². The van der Waals surface area contributed by atoms with Crippen molar-refractivity contribution in [2.75, 3.05) is 10.6 Å². The van der Waals surface area contributed by atoms with E-state index in [1.165, 1.54) is 5.56 Å². The summed E-state index contributed by atoms with van der Waals surface area (Å²) in [6, 6.07) is 25.4. The summed E-state index contributed by atoms with van der Waals surface area (Å²) in [5, 5.41) is 12.3. The number of benzene rings is 3. The van der Waals surface area contributed by atoms with E-state index in [0.717, 1.165) is 64.3 Å². The van der Waals surface area contributed by atoms with Gasteiger partial charge >= 0.3 is 0 Å². The van der Waals surface area contributed by atoms with Gasteiger partial charge in [-0.05, 0) is 73.4 Å². The van der Waals surface area contributed by atoms with Crippen molar-refractivity contribution in [2.45, 2.75) is 32.4 Å². The summed E-state index contributed by atoms with van der Waals surface area (Å²) in [4.78, 5) is 13.8. The molecule has 0 aliphatic carbocycles. The van der Waals surface area contributed by atoms with Gasteiger partial charge in [-0.25, -0.2) is 4.52 Å². The average molecular weight is 575 g/mol. The molecule has 0 spiro atoms. The molecule has 3 heterocycles. The zero-order valence-corrected chi connectivity index (χ0v) is 22.4. The maximum Gasteiger partial charge on any atom is 0.275 e. The molecule has 8 heteroatoms. The lowest BCUT2D eigenvalue weighted by atomic mass is 9.98. The van der Waals surface area contributed by atoms with Crippen LogP contribution in [0.2, 0.25) is 5.02 Å². The molecule has 0 fully saturated rings. The van der Waals surface area contributed by atoms with Crippen LogP contribution in [0.25, 0.3) is 16.8 Å². The Labute approximate surface area is 228 Å². The summed E-state index contributed by atoms with van der Waals surface area (Å²) < 4.78 is 5.13. The molecule has 5 aromatic rings. The first kappa shape index (κ1) is 23.8. The third-order valence-corrected chi connectivity index (χ3v) is 7.52. The zero-order chi connectivity index (χ0) is 25.4. The highest BCUT2D eigenvalue weighted by molar-refractivity contribution is 9.10. The number of rotatable bonds is 6. The van der Waals surface area contributed by atoms with Gasteiger partial charge < -0.3 is 15.2 Å². The summed E-state index contributed by atoms with van der Waals surface area (Å²) >= 11 is 9.59. The van der Waals surface area contributed by atoms with Crippen molar-refractivity contribution in [3.8, 4) is 11.1 Å². The van der Waals surface area contributed by atoms with Gasteiger partial charge in [0.05, 0.1) is 6.54 Å². The highest BCUT2D eigenvalue weighted by Crippen LogP contribution is 2.37. The first-order valence-corrected chi connectivity index (χ1v) is 13.5. The Morgan fingerprint density at radius 2 is 1.70 bits per heavy atom. The van der Waals surface area contributed by atoms with Gasteiger partial charge in [-0.15, -0.1) is 0 Å². The lowest BCUT2D eigenvalue weighted by Gasteiger charge is -2.10. The fourth-order valence-electron chi connectivity index (χ4n) is 5.03. The Hall–Kier alpha value is -3.55. The molecule has 1 aliphatic rings. The van der Waals surface area contributed by atoms with Gasteiger partial charge in [0.15, 0.2) is 5.82 Å². The molecule has 186 valence electrons. The van der Waals surface area contributed by atoms with Crippen LogP contribution in [0.5, 0.6) is 0 Å². The van der Waals surface area contributed by atoms with Gasteiger partial charge in [0, 0.05) is 38.5 Å². The Morgan fingerprint density at radius 3 is 2.46 bits per heavy atom. The number of nitrogens with zero attached hydrogens (tertiary/aromatic N) is 3. The van der Waals surface area contributed by atoms with Gasteiger partial charge in [0.25, 0.3) is 5.91 Å². The summed E-state index contributed by atoms with van der Waals surface area (Å²) in [5.74, 6) is 0.719. The Morgan fingerprint density at radius 1 is 0.946 bits per heavy atom. The third kappa shape index (κ3) is 4.65. The largest absolute Gasteiger partial charge is 0.378 e. The molecule has 0 saturated carbocycles. The highest BCUT2D eigenvalue weighted by Gasteiger charge is 2.30. The molecule has 3 aromatic carbocycles. The van der Waals surface area contributed by atoms with Crippen LogP contribution in [0.15, 0.2) is 83.3 Å². The van der Waals surface area contributed by atoms with Crippen molar-refractivity contribution in [3.05, 3.63) is 105 Å². The van der Waals surface area contributed by atoms with E-state index in [-0.39, 0.29) is 5.91 Å². The fraction of sp³-hybridized carbons (Fsp3) is 0.172. The molecule has 6 rings (SSSR count). The van der Waals surface area contributed by atoms with Crippen LogP contribution in [0, 0.1) is 0 Å². The number of aromatic nitrogens is 3.